The number of nitrogens with two attached hydrogens (primary N) is 1. The molecule has 0 fully saturated rings. The van der Waals surface area contributed by atoms with Gasteiger partial charge in [-0.05, 0) is 17.4 Å². The van der Waals surface area contributed by atoms with E-state index in [0.29, 0.717) is 6.42 Å². The van der Waals surface area contributed by atoms with Gasteiger partial charge >= 0.3 is 0 Å². The summed E-state index contributed by atoms with van der Waals surface area (Å²) in [6.45, 7) is 4.11. The van der Waals surface area contributed by atoms with Gasteiger partial charge in [0.15, 0.2) is 5.78 Å². The Morgan fingerprint density at radius 1 is 1.11 bits per heavy atom. The number of carbonyl (C=O) groups is 2. The predicted octanol–water partition coefficient (Wildman–Crippen LogP) is 2.30. The molecule has 1 aliphatic carbocycles. The first-order valence-corrected chi connectivity index (χ1v) is 6.41. The Morgan fingerprint density at radius 3 is 2.50 bits per heavy atom. The highest BCUT2D eigenvalue weighted by atomic mass is 16.1. The molecule has 3 unspecified atom stereocenters. The summed E-state index contributed by atoms with van der Waals surface area (Å²) in [5.41, 5.74) is 7.56. The average Bonchev–Trinajstić information content (AvgIpc) is 2.38. The Balaban J connectivity index is 2.48. The highest BCUT2D eigenvalue weighted by Gasteiger charge is 2.28. The minimum atomic E-state index is -0.654. The minimum Gasteiger partial charge on any atom is -0.321 e. The molecule has 3 nitrogen and oxygen atoms in total. The van der Waals surface area contributed by atoms with E-state index < -0.39 is 6.04 Å². The van der Waals surface area contributed by atoms with E-state index in [1.54, 1.807) is 0 Å². The van der Waals surface area contributed by atoms with Crippen LogP contribution in [0.3, 0.4) is 0 Å². The fraction of sp³-hybridized carbons (Fsp3) is 0.467. The van der Waals surface area contributed by atoms with Gasteiger partial charge in [0, 0.05) is 18.4 Å². The fourth-order valence-corrected chi connectivity index (χ4v) is 2.52. The zero-order valence-electron chi connectivity index (χ0n) is 10.8. The van der Waals surface area contributed by atoms with Gasteiger partial charge in [0.25, 0.3) is 0 Å². The Morgan fingerprint density at radius 2 is 1.78 bits per heavy atom. The van der Waals surface area contributed by atoms with Gasteiger partial charge in [-0.15, -0.1) is 0 Å². The van der Waals surface area contributed by atoms with Gasteiger partial charge in [0.1, 0.15) is 5.78 Å². The molecule has 0 spiro atoms. The molecule has 0 radical (unpaired) electrons. The molecule has 1 aromatic rings. The number of ketones is 2. The summed E-state index contributed by atoms with van der Waals surface area (Å²) in [4.78, 5) is 24.1. The lowest BCUT2D eigenvalue weighted by Crippen LogP contribution is -2.33. The summed E-state index contributed by atoms with van der Waals surface area (Å²) < 4.78 is 0. The van der Waals surface area contributed by atoms with Crippen molar-refractivity contribution in [2.45, 2.75) is 38.6 Å². The van der Waals surface area contributed by atoms with Crippen molar-refractivity contribution < 1.29 is 9.59 Å². The van der Waals surface area contributed by atoms with Crippen molar-refractivity contribution >= 4 is 11.6 Å². The van der Waals surface area contributed by atoms with Crippen LogP contribution in [0.15, 0.2) is 24.3 Å². The molecular formula is C15H19NO2. The number of rotatable bonds is 0. The van der Waals surface area contributed by atoms with Gasteiger partial charge in [0.05, 0.1) is 6.04 Å². The summed E-state index contributed by atoms with van der Waals surface area (Å²) >= 11 is 0. The van der Waals surface area contributed by atoms with Crippen molar-refractivity contribution in [1.29, 1.82) is 0 Å². The maximum absolute atomic E-state index is 12.2. The molecule has 0 saturated carbocycles. The molecule has 0 bridgehead atoms. The highest BCUT2D eigenvalue weighted by Crippen LogP contribution is 2.31. The summed E-state index contributed by atoms with van der Waals surface area (Å²) in [7, 11) is 0. The zero-order valence-corrected chi connectivity index (χ0v) is 10.8. The number of fused-ring (bicyclic) bond motifs is 1. The van der Waals surface area contributed by atoms with E-state index in [1.165, 1.54) is 0 Å². The SMILES string of the molecule is CC1CC(=O)C(N)CC(=O)c2ccccc2C1C. The number of carbonyl (C=O) groups excluding carboxylic acids is 2. The van der Waals surface area contributed by atoms with Gasteiger partial charge in [-0.3, -0.25) is 9.59 Å². The standard InChI is InChI=1S/C15H19NO2/c1-9-7-15(18)13(16)8-14(17)12-6-4-3-5-11(12)10(9)2/h3-6,9-10,13H,7-8,16H2,1-2H3. The molecule has 0 saturated heterocycles. The third-order valence-electron chi connectivity index (χ3n) is 3.95. The fourth-order valence-electron chi connectivity index (χ4n) is 2.52. The van der Waals surface area contributed by atoms with Crippen LogP contribution in [0.2, 0.25) is 0 Å². The molecule has 3 atom stereocenters. The lowest BCUT2D eigenvalue weighted by Gasteiger charge is -2.20. The summed E-state index contributed by atoms with van der Waals surface area (Å²) in [6.07, 6.45) is 0.569. The second kappa shape index (κ2) is 5.02. The highest BCUT2D eigenvalue weighted by molar-refractivity contribution is 6.01. The summed E-state index contributed by atoms with van der Waals surface area (Å²) in [5.74, 6) is 0.373. The molecule has 0 aliphatic heterocycles. The van der Waals surface area contributed by atoms with E-state index in [0.717, 1.165) is 11.1 Å². The van der Waals surface area contributed by atoms with Crippen LogP contribution in [-0.2, 0) is 4.79 Å². The molecule has 0 amide bonds. The first-order chi connectivity index (χ1) is 8.50. The van der Waals surface area contributed by atoms with Gasteiger partial charge in [-0.2, -0.15) is 0 Å². The molecule has 18 heavy (non-hydrogen) atoms. The average molecular weight is 245 g/mol. The van der Waals surface area contributed by atoms with Crippen molar-refractivity contribution in [1.82, 2.24) is 0 Å². The smallest absolute Gasteiger partial charge is 0.165 e. The van der Waals surface area contributed by atoms with Crippen molar-refractivity contribution in [3.8, 4) is 0 Å². The number of hydrogen-bond donors (Lipinski definition) is 1. The van der Waals surface area contributed by atoms with Crippen LogP contribution in [-0.4, -0.2) is 17.6 Å². The Labute approximate surface area is 107 Å². The topological polar surface area (TPSA) is 60.2 Å². The molecule has 96 valence electrons. The van der Waals surface area contributed by atoms with E-state index in [9.17, 15) is 9.59 Å². The maximum atomic E-state index is 12.2. The summed E-state index contributed by atoms with van der Waals surface area (Å²) in [6, 6.07) is 6.96. The quantitative estimate of drug-likeness (QED) is 0.763. The van der Waals surface area contributed by atoms with Crippen LogP contribution in [0.5, 0.6) is 0 Å². The third kappa shape index (κ3) is 2.36. The van der Waals surface area contributed by atoms with Crippen LogP contribution >= 0.6 is 0 Å². The van der Waals surface area contributed by atoms with Gasteiger partial charge < -0.3 is 5.73 Å². The normalized spacial score (nSPS) is 29.2. The first-order valence-electron chi connectivity index (χ1n) is 6.41. The maximum Gasteiger partial charge on any atom is 0.165 e. The van der Waals surface area contributed by atoms with E-state index >= 15 is 0 Å². The van der Waals surface area contributed by atoms with Crippen LogP contribution in [0, 0.1) is 5.92 Å². The van der Waals surface area contributed by atoms with Crippen molar-refractivity contribution in [3.05, 3.63) is 35.4 Å². The van der Waals surface area contributed by atoms with Gasteiger partial charge in [-0.25, -0.2) is 0 Å². The minimum absolute atomic E-state index is 0.00416. The Hall–Kier alpha value is -1.48. The van der Waals surface area contributed by atoms with Crippen LogP contribution < -0.4 is 5.73 Å². The summed E-state index contributed by atoms with van der Waals surface area (Å²) in [5, 5.41) is 0. The molecule has 3 heteroatoms. The number of benzene rings is 1. The van der Waals surface area contributed by atoms with Gasteiger partial charge in [-0.1, -0.05) is 38.1 Å². The zero-order chi connectivity index (χ0) is 13.3. The lowest BCUT2D eigenvalue weighted by molar-refractivity contribution is -0.121. The largest absolute Gasteiger partial charge is 0.321 e. The molecule has 0 aromatic heterocycles. The monoisotopic (exact) mass is 245 g/mol. The molecule has 2 N–H and O–H groups in total. The Bertz CT molecular complexity index is 481. The van der Waals surface area contributed by atoms with Crippen LogP contribution in [0.1, 0.15) is 48.5 Å². The van der Waals surface area contributed by atoms with E-state index in [2.05, 4.69) is 6.92 Å². The second-order valence-corrected chi connectivity index (χ2v) is 5.26. The van der Waals surface area contributed by atoms with Crippen LogP contribution in [0.4, 0.5) is 0 Å². The number of hydrogen-bond acceptors (Lipinski definition) is 3. The van der Waals surface area contributed by atoms with Crippen molar-refractivity contribution in [2.24, 2.45) is 11.7 Å². The molecule has 0 heterocycles. The van der Waals surface area contributed by atoms with E-state index in [-0.39, 0.29) is 29.8 Å². The first kappa shape index (κ1) is 13.0. The number of Topliss-reactive ketones (excluding diaryl/α,β-unsaturated/α-hetero) is 2. The van der Waals surface area contributed by atoms with E-state index in [1.807, 2.05) is 31.2 Å². The van der Waals surface area contributed by atoms with Crippen molar-refractivity contribution in [2.75, 3.05) is 0 Å². The molecular weight excluding hydrogens is 226 g/mol. The van der Waals surface area contributed by atoms with Crippen LogP contribution in [0.25, 0.3) is 0 Å². The lowest BCUT2D eigenvalue weighted by atomic mass is 9.83. The Kier molecular flexibility index (Phi) is 3.62. The van der Waals surface area contributed by atoms with Crippen molar-refractivity contribution in [3.63, 3.8) is 0 Å². The third-order valence-corrected chi connectivity index (χ3v) is 3.95. The van der Waals surface area contributed by atoms with Gasteiger partial charge in [0.2, 0.25) is 0 Å². The second-order valence-electron chi connectivity index (χ2n) is 5.26. The molecule has 1 aromatic carbocycles. The van der Waals surface area contributed by atoms with E-state index in [4.69, 9.17) is 5.73 Å². The predicted molar refractivity (Wildman–Crippen MR) is 70.6 cm³/mol. The molecule has 2 rings (SSSR count). The molecule has 1 aliphatic rings.